The van der Waals surface area contributed by atoms with Gasteiger partial charge < -0.3 is 5.32 Å². The molecule has 0 radical (unpaired) electrons. The monoisotopic (exact) mass is 230 g/mol. The molecule has 4 nitrogen and oxygen atoms in total. The Balaban J connectivity index is 2.38. The zero-order chi connectivity index (χ0) is 11.1. The fourth-order valence-electron chi connectivity index (χ4n) is 1.58. The van der Waals surface area contributed by atoms with Crippen LogP contribution in [0.1, 0.15) is 26.2 Å². The van der Waals surface area contributed by atoms with Crippen LogP contribution in [0.25, 0.3) is 0 Å². The summed E-state index contributed by atoms with van der Waals surface area (Å²) in [5.41, 5.74) is 0. The Bertz CT molecular complexity index is 334. The lowest BCUT2D eigenvalue weighted by Crippen LogP contribution is -2.44. The molecule has 1 aliphatic rings. The summed E-state index contributed by atoms with van der Waals surface area (Å²) >= 11 is 0. The maximum absolute atomic E-state index is 11.7. The quantitative estimate of drug-likeness (QED) is 0.531. The molecule has 0 aromatic rings. The molecule has 0 bridgehead atoms. The number of rotatable bonds is 4. The normalized spacial score (nSPS) is 21.8. The van der Waals surface area contributed by atoms with Gasteiger partial charge in [-0.25, -0.2) is 13.1 Å². The minimum absolute atomic E-state index is 0.277. The molecule has 86 valence electrons. The van der Waals surface area contributed by atoms with Gasteiger partial charge in [0.1, 0.15) is 0 Å². The Kier molecular flexibility index (Phi) is 5.09. The molecule has 0 amide bonds. The minimum Gasteiger partial charge on any atom is -0.315 e. The Hall–Kier alpha value is -0.570. The summed E-state index contributed by atoms with van der Waals surface area (Å²) < 4.78 is 26.1. The summed E-state index contributed by atoms with van der Waals surface area (Å²) in [7, 11) is -3.14. The van der Waals surface area contributed by atoms with Gasteiger partial charge in [-0.15, -0.1) is 11.8 Å². The van der Waals surface area contributed by atoms with Crippen LogP contribution >= 0.6 is 0 Å². The Morgan fingerprint density at radius 3 is 2.93 bits per heavy atom. The van der Waals surface area contributed by atoms with Gasteiger partial charge in [0.25, 0.3) is 0 Å². The first-order chi connectivity index (χ1) is 7.17. The zero-order valence-corrected chi connectivity index (χ0v) is 9.86. The van der Waals surface area contributed by atoms with Crippen molar-refractivity contribution in [3.63, 3.8) is 0 Å². The van der Waals surface area contributed by atoms with Gasteiger partial charge in [0.2, 0.25) is 10.0 Å². The van der Waals surface area contributed by atoms with Crippen molar-refractivity contribution in [2.75, 3.05) is 19.6 Å². The van der Waals surface area contributed by atoms with Crippen LogP contribution in [0, 0.1) is 11.8 Å². The van der Waals surface area contributed by atoms with E-state index in [4.69, 9.17) is 0 Å². The molecule has 5 heteroatoms. The SMILES string of the molecule is CC#CCCNS(=O)(=O)C1CCCNC1. The van der Waals surface area contributed by atoms with E-state index in [2.05, 4.69) is 21.9 Å². The van der Waals surface area contributed by atoms with Crippen LogP contribution < -0.4 is 10.0 Å². The third-order valence-corrected chi connectivity index (χ3v) is 4.31. The molecule has 1 heterocycles. The van der Waals surface area contributed by atoms with Crippen molar-refractivity contribution in [1.29, 1.82) is 0 Å². The maximum Gasteiger partial charge on any atom is 0.215 e. The third-order valence-electron chi connectivity index (χ3n) is 2.42. The molecule has 2 N–H and O–H groups in total. The van der Waals surface area contributed by atoms with E-state index >= 15 is 0 Å². The Labute approximate surface area is 91.9 Å². The molecule has 0 aromatic carbocycles. The molecule has 1 rings (SSSR count). The number of hydrogen-bond acceptors (Lipinski definition) is 3. The van der Waals surface area contributed by atoms with Crippen LogP contribution in [-0.4, -0.2) is 33.3 Å². The molecule has 1 fully saturated rings. The summed E-state index contributed by atoms with van der Waals surface area (Å²) in [5, 5.41) is 2.82. The number of piperidine rings is 1. The topological polar surface area (TPSA) is 58.2 Å². The smallest absolute Gasteiger partial charge is 0.215 e. The van der Waals surface area contributed by atoms with Crippen molar-refractivity contribution in [3.05, 3.63) is 0 Å². The van der Waals surface area contributed by atoms with Crippen LogP contribution in [0.15, 0.2) is 0 Å². The van der Waals surface area contributed by atoms with E-state index in [1.807, 2.05) is 0 Å². The number of hydrogen-bond donors (Lipinski definition) is 2. The van der Waals surface area contributed by atoms with E-state index in [0.29, 0.717) is 19.5 Å². The van der Waals surface area contributed by atoms with Gasteiger partial charge in [0.15, 0.2) is 0 Å². The second-order valence-corrected chi connectivity index (χ2v) is 5.63. The summed E-state index contributed by atoms with van der Waals surface area (Å²) in [5.74, 6) is 5.57. The van der Waals surface area contributed by atoms with E-state index in [1.54, 1.807) is 6.92 Å². The summed E-state index contributed by atoms with van der Waals surface area (Å²) in [6, 6.07) is 0. The highest BCUT2D eigenvalue weighted by Crippen LogP contribution is 2.09. The second kappa shape index (κ2) is 6.11. The number of nitrogens with one attached hydrogen (secondary N) is 2. The van der Waals surface area contributed by atoms with Gasteiger partial charge in [-0.2, -0.15) is 0 Å². The van der Waals surface area contributed by atoms with Crippen molar-refractivity contribution >= 4 is 10.0 Å². The molecule has 0 spiro atoms. The van der Waals surface area contributed by atoms with Gasteiger partial charge in [-0.1, -0.05) is 0 Å². The number of sulfonamides is 1. The lowest BCUT2D eigenvalue weighted by molar-refractivity contribution is 0.490. The highest BCUT2D eigenvalue weighted by atomic mass is 32.2. The summed E-state index contributed by atoms with van der Waals surface area (Å²) in [4.78, 5) is 0. The van der Waals surface area contributed by atoms with Gasteiger partial charge in [0.05, 0.1) is 5.25 Å². The molecular formula is C10H18N2O2S. The van der Waals surface area contributed by atoms with Crippen molar-refractivity contribution in [2.45, 2.75) is 31.4 Å². The summed E-state index contributed by atoms with van der Waals surface area (Å²) in [6.45, 7) is 3.65. The van der Waals surface area contributed by atoms with Crippen LogP contribution in [-0.2, 0) is 10.0 Å². The van der Waals surface area contributed by atoms with E-state index < -0.39 is 10.0 Å². The van der Waals surface area contributed by atoms with Gasteiger partial charge in [-0.3, -0.25) is 0 Å². The van der Waals surface area contributed by atoms with Crippen LogP contribution in [0.5, 0.6) is 0 Å². The molecule has 1 aliphatic heterocycles. The van der Waals surface area contributed by atoms with Crippen LogP contribution in [0.2, 0.25) is 0 Å². The lowest BCUT2D eigenvalue weighted by Gasteiger charge is -2.22. The fourth-order valence-corrected chi connectivity index (χ4v) is 3.02. The van der Waals surface area contributed by atoms with Gasteiger partial charge in [-0.05, 0) is 26.3 Å². The average Bonchev–Trinajstić information content (AvgIpc) is 2.26. The summed E-state index contributed by atoms with van der Waals surface area (Å²) in [6.07, 6.45) is 2.26. The van der Waals surface area contributed by atoms with E-state index in [1.165, 1.54) is 0 Å². The Morgan fingerprint density at radius 1 is 1.53 bits per heavy atom. The average molecular weight is 230 g/mol. The molecule has 1 atom stereocenters. The molecule has 15 heavy (non-hydrogen) atoms. The van der Waals surface area contributed by atoms with E-state index in [-0.39, 0.29) is 5.25 Å². The molecule has 1 unspecified atom stereocenters. The van der Waals surface area contributed by atoms with Crippen molar-refractivity contribution in [2.24, 2.45) is 0 Å². The molecule has 0 aromatic heterocycles. The van der Waals surface area contributed by atoms with Gasteiger partial charge in [0, 0.05) is 19.5 Å². The first-order valence-electron chi connectivity index (χ1n) is 5.25. The second-order valence-electron chi connectivity index (χ2n) is 3.58. The molecule has 1 saturated heterocycles. The van der Waals surface area contributed by atoms with E-state index in [9.17, 15) is 8.42 Å². The van der Waals surface area contributed by atoms with Crippen LogP contribution in [0.3, 0.4) is 0 Å². The van der Waals surface area contributed by atoms with Crippen LogP contribution in [0.4, 0.5) is 0 Å². The van der Waals surface area contributed by atoms with Gasteiger partial charge >= 0.3 is 0 Å². The minimum atomic E-state index is -3.14. The largest absolute Gasteiger partial charge is 0.315 e. The first kappa shape index (κ1) is 12.5. The lowest BCUT2D eigenvalue weighted by atomic mass is 10.2. The highest BCUT2D eigenvalue weighted by Gasteiger charge is 2.26. The molecule has 0 saturated carbocycles. The van der Waals surface area contributed by atoms with Crippen molar-refractivity contribution in [1.82, 2.24) is 10.0 Å². The standard InChI is InChI=1S/C10H18N2O2S/c1-2-3-4-8-12-15(13,14)10-6-5-7-11-9-10/h10-12H,4-9H2,1H3. The molecular weight excluding hydrogens is 212 g/mol. The fraction of sp³-hybridized carbons (Fsp3) is 0.800. The Morgan fingerprint density at radius 2 is 2.33 bits per heavy atom. The maximum atomic E-state index is 11.7. The molecule has 0 aliphatic carbocycles. The van der Waals surface area contributed by atoms with Crippen molar-refractivity contribution < 1.29 is 8.42 Å². The van der Waals surface area contributed by atoms with Crippen molar-refractivity contribution in [3.8, 4) is 11.8 Å². The predicted molar refractivity (Wildman–Crippen MR) is 60.9 cm³/mol. The predicted octanol–water partition coefficient (Wildman–Crippen LogP) is 0.0712. The highest BCUT2D eigenvalue weighted by molar-refractivity contribution is 7.90. The van der Waals surface area contributed by atoms with E-state index in [0.717, 1.165) is 19.4 Å². The third kappa shape index (κ3) is 4.20. The zero-order valence-electron chi connectivity index (χ0n) is 9.04. The first-order valence-corrected chi connectivity index (χ1v) is 6.80.